The second-order valence-corrected chi connectivity index (χ2v) is 11.9. The summed E-state index contributed by atoms with van der Waals surface area (Å²) in [5.74, 6) is 3.42. The highest BCUT2D eigenvalue weighted by Gasteiger charge is 2.57. The molecular weight excluding hydrogens is 368 g/mol. The van der Waals surface area contributed by atoms with Crippen LogP contribution in [0.1, 0.15) is 86.0 Å². The van der Waals surface area contributed by atoms with Gasteiger partial charge in [0.25, 0.3) is 0 Å². The minimum Gasteiger partial charge on any atom is -0.393 e. The molecule has 0 radical (unpaired) electrons. The van der Waals surface area contributed by atoms with Gasteiger partial charge in [0.2, 0.25) is 0 Å². The molecule has 4 aliphatic rings. The molecule has 0 bridgehead atoms. The Labute approximate surface area is 184 Å². The molecule has 0 aliphatic heterocycles. The Bertz CT molecular complexity index is 746. The molecular formula is C28H44O2. The molecule has 4 aliphatic carbocycles. The molecule has 0 aromatic rings. The number of fused-ring (bicyclic) bond motifs is 5. The van der Waals surface area contributed by atoms with Crippen LogP contribution in [0.25, 0.3) is 0 Å². The van der Waals surface area contributed by atoms with Crippen molar-refractivity contribution in [3.8, 4) is 0 Å². The van der Waals surface area contributed by atoms with E-state index in [0.717, 1.165) is 37.0 Å². The fourth-order valence-corrected chi connectivity index (χ4v) is 7.88. The average Bonchev–Trinajstić information content (AvgIpc) is 3.04. The highest BCUT2D eigenvalue weighted by molar-refractivity contribution is 5.41. The lowest BCUT2D eigenvalue weighted by molar-refractivity contribution is -0.0171. The van der Waals surface area contributed by atoms with Crippen molar-refractivity contribution in [3.63, 3.8) is 0 Å². The third kappa shape index (κ3) is 3.37. The van der Waals surface area contributed by atoms with Crippen LogP contribution in [0.2, 0.25) is 0 Å². The predicted octanol–water partition coefficient (Wildman–Crippen LogP) is 6.45. The second-order valence-electron chi connectivity index (χ2n) is 11.9. The normalized spacial score (nSPS) is 43.9. The standard InChI is InChI=1S/C28H44O2/c1-17(2)18(3)7-8-19(4)23-11-12-24-22-10-9-20-15-21(29)16-26(30)28(20,6)25(22)13-14-27(23,24)5/h9,13,17,19,21-24,26,29-30H,3,7-8,10-12,14-16H2,1-2,4-6H3. The van der Waals surface area contributed by atoms with E-state index in [1.165, 1.54) is 42.4 Å². The van der Waals surface area contributed by atoms with Gasteiger partial charge in [-0.15, -0.1) is 0 Å². The lowest BCUT2D eigenvalue weighted by Crippen LogP contribution is -2.50. The Hall–Kier alpha value is -0.860. The van der Waals surface area contributed by atoms with Gasteiger partial charge in [-0.1, -0.05) is 63.1 Å². The van der Waals surface area contributed by atoms with E-state index in [-0.39, 0.29) is 11.5 Å². The predicted molar refractivity (Wildman–Crippen MR) is 125 cm³/mol. The molecule has 2 saturated carbocycles. The second kappa shape index (κ2) is 7.93. The van der Waals surface area contributed by atoms with Gasteiger partial charge >= 0.3 is 0 Å². The minimum atomic E-state index is -0.455. The monoisotopic (exact) mass is 412 g/mol. The summed E-state index contributed by atoms with van der Waals surface area (Å²) in [6.45, 7) is 16.1. The molecule has 0 spiro atoms. The molecule has 2 N–H and O–H groups in total. The van der Waals surface area contributed by atoms with Crippen molar-refractivity contribution in [2.75, 3.05) is 0 Å². The number of aliphatic hydroxyl groups is 2. The van der Waals surface area contributed by atoms with Crippen LogP contribution in [0, 0.1) is 40.4 Å². The van der Waals surface area contributed by atoms with Crippen LogP contribution in [0.4, 0.5) is 0 Å². The highest BCUT2D eigenvalue weighted by Crippen LogP contribution is 2.65. The van der Waals surface area contributed by atoms with Crippen LogP contribution in [0.15, 0.2) is 35.5 Å². The Morgan fingerprint density at radius 3 is 2.60 bits per heavy atom. The van der Waals surface area contributed by atoms with E-state index in [4.69, 9.17) is 0 Å². The summed E-state index contributed by atoms with van der Waals surface area (Å²) in [6.07, 6.45) is 12.7. The summed E-state index contributed by atoms with van der Waals surface area (Å²) in [4.78, 5) is 0. The smallest absolute Gasteiger partial charge is 0.0693 e. The first-order chi connectivity index (χ1) is 14.1. The zero-order valence-electron chi connectivity index (χ0n) is 20.0. The van der Waals surface area contributed by atoms with Crippen LogP contribution in [-0.2, 0) is 0 Å². The van der Waals surface area contributed by atoms with Gasteiger partial charge in [-0.25, -0.2) is 0 Å². The first kappa shape index (κ1) is 22.3. The number of hydrogen-bond donors (Lipinski definition) is 2. The zero-order chi connectivity index (χ0) is 21.8. The quantitative estimate of drug-likeness (QED) is 0.510. The van der Waals surface area contributed by atoms with Crippen molar-refractivity contribution in [2.24, 2.45) is 40.4 Å². The van der Waals surface area contributed by atoms with Crippen LogP contribution >= 0.6 is 0 Å². The molecule has 0 saturated heterocycles. The molecule has 30 heavy (non-hydrogen) atoms. The molecule has 0 aromatic carbocycles. The van der Waals surface area contributed by atoms with Crippen LogP contribution in [0.5, 0.6) is 0 Å². The maximum atomic E-state index is 11.0. The van der Waals surface area contributed by atoms with Crippen LogP contribution in [0.3, 0.4) is 0 Å². The fourth-order valence-electron chi connectivity index (χ4n) is 7.88. The number of aliphatic hydroxyl groups excluding tert-OH is 2. The van der Waals surface area contributed by atoms with Crippen molar-refractivity contribution < 1.29 is 10.2 Å². The van der Waals surface area contributed by atoms with Gasteiger partial charge < -0.3 is 10.2 Å². The molecule has 0 aromatic heterocycles. The van der Waals surface area contributed by atoms with Crippen molar-refractivity contribution >= 4 is 0 Å². The van der Waals surface area contributed by atoms with Gasteiger partial charge in [-0.3, -0.25) is 0 Å². The molecule has 0 heterocycles. The lowest BCUT2D eigenvalue weighted by atomic mass is 9.50. The molecule has 2 heteroatoms. The zero-order valence-corrected chi connectivity index (χ0v) is 20.0. The minimum absolute atomic E-state index is 0.248. The van der Waals surface area contributed by atoms with Crippen molar-refractivity contribution in [2.45, 2.75) is 98.2 Å². The largest absolute Gasteiger partial charge is 0.393 e. The van der Waals surface area contributed by atoms with Crippen molar-refractivity contribution in [3.05, 3.63) is 35.5 Å². The van der Waals surface area contributed by atoms with E-state index in [0.29, 0.717) is 23.7 Å². The van der Waals surface area contributed by atoms with E-state index in [2.05, 4.69) is 53.3 Å². The van der Waals surface area contributed by atoms with E-state index >= 15 is 0 Å². The molecule has 8 unspecified atom stereocenters. The summed E-state index contributed by atoms with van der Waals surface area (Å²) in [7, 11) is 0. The molecule has 4 rings (SSSR count). The van der Waals surface area contributed by atoms with Gasteiger partial charge in [0.1, 0.15) is 0 Å². The Morgan fingerprint density at radius 2 is 1.90 bits per heavy atom. The van der Waals surface area contributed by atoms with Gasteiger partial charge in [0.15, 0.2) is 0 Å². The molecule has 168 valence electrons. The molecule has 2 fully saturated rings. The van der Waals surface area contributed by atoms with Gasteiger partial charge in [0.05, 0.1) is 12.2 Å². The van der Waals surface area contributed by atoms with Gasteiger partial charge in [0, 0.05) is 11.8 Å². The van der Waals surface area contributed by atoms with Crippen molar-refractivity contribution in [1.82, 2.24) is 0 Å². The summed E-state index contributed by atoms with van der Waals surface area (Å²) in [5, 5.41) is 21.2. The van der Waals surface area contributed by atoms with Crippen LogP contribution in [-0.4, -0.2) is 22.4 Å². The highest BCUT2D eigenvalue weighted by atomic mass is 16.3. The lowest BCUT2D eigenvalue weighted by Gasteiger charge is -2.55. The Morgan fingerprint density at radius 1 is 1.17 bits per heavy atom. The topological polar surface area (TPSA) is 40.5 Å². The van der Waals surface area contributed by atoms with E-state index in [9.17, 15) is 10.2 Å². The molecule has 2 nitrogen and oxygen atoms in total. The number of rotatable bonds is 5. The SMILES string of the molecule is C=C(CCC(C)C1CCC2C3CC=C4CC(O)CC(O)C4(C)C3=CCC12C)C(C)C. The van der Waals surface area contributed by atoms with E-state index in [1.54, 1.807) is 0 Å². The molecule has 8 atom stereocenters. The summed E-state index contributed by atoms with van der Waals surface area (Å²) >= 11 is 0. The maximum Gasteiger partial charge on any atom is 0.0693 e. The first-order valence-electron chi connectivity index (χ1n) is 12.5. The van der Waals surface area contributed by atoms with Gasteiger partial charge in [-0.2, -0.15) is 0 Å². The van der Waals surface area contributed by atoms with E-state index < -0.39 is 6.10 Å². The first-order valence-corrected chi connectivity index (χ1v) is 12.5. The summed E-state index contributed by atoms with van der Waals surface area (Å²) in [6, 6.07) is 0. The van der Waals surface area contributed by atoms with Gasteiger partial charge in [-0.05, 0) is 86.9 Å². The van der Waals surface area contributed by atoms with Crippen LogP contribution < -0.4 is 0 Å². The fraction of sp³-hybridized carbons (Fsp3) is 0.786. The molecule has 0 amide bonds. The Balaban J connectivity index is 1.56. The summed E-state index contributed by atoms with van der Waals surface area (Å²) < 4.78 is 0. The van der Waals surface area contributed by atoms with E-state index in [1.807, 2.05) is 0 Å². The summed E-state index contributed by atoms with van der Waals surface area (Å²) in [5.41, 5.74) is 4.33. The number of hydrogen-bond acceptors (Lipinski definition) is 2. The Kier molecular flexibility index (Phi) is 5.90. The average molecular weight is 413 g/mol. The third-order valence-corrected chi connectivity index (χ3v) is 10.1. The number of allylic oxidation sites excluding steroid dienone is 3. The maximum absolute atomic E-state index is 11.0. The third-order valence-electron chi connectivity index (χ3n) is 10.1. The van der Waals surface area contributed by atoms with Crippen molar-refractivity contribution in [1.29, 1.82) is 0 Å².